The molecule has 1 heterocycles. The Hall–Kier alpha value is -2.95. The van der Waals surface area contributed by atoms with Crippen molar-refractivity contribution in [3.8, 4) is 11.4 Å². The van der Waals surface area contributed by atoms with Crippen LogP contribution in [-0.4, -0.2) is 23.3 Å². The highest BCUT2D eigenvalue weighted by molar-refractivity contribution is 5.96. The molecule has 0 aliphatic heterocycles. The Bertz CT molecular complexity index is 830. The van der Waals surface area contributed by atoms with E-state index in [2.05, 4.69) is 15.3 Å². The van der Waals surface area contributed by atoms with Crippen molar-refractivity contribution >= 4 is 28.4 Å². The topological polar surface area (TPSA) is 80.9 Å². The molecule has 3 N–H and O–H groups in total. The molecule has 5 nitrogen and oxygen atoms in total. The average Bonchev–Trinajstić information content (AvgIpc) is 2.54. The summed E-state index contributed by atoms with van der Waals surface area (Å²) in [5.74, 6) is 0.485. The van der Waals surface area contributed by atoms with Gasteiger partial charge in [-0.1, -0.05) is 24.3 Å². The fraction of sp³-hybridized carbons (Fsp3) is 0.0625. The number of aromatic nitrogens is 2. The molecule has 1 aromatic heterocycles. The molecule has 0 aliphatic carbocycles. The number of carbonyl (C=O) groups excluding carboxylic acids is 1. The molecule has 0 unspecified atom stereocenters. The molecule has 2 aromatic carbocycles. The molecule has 0 bridgehead atoms. The largest absolute Gasteiger partial charge is 0.396 e. The minimum atomic E-state index is 0.210. The van der Waals surface area contributed by atoms with Crippen LogP contribution < -0.4 is 11.1 Å². The molecule has 3 rings (SSSR count). The molecule has 0 saturated carbocycles. The third-order valence-corrected chi connectivity index (χ3v) is 3.37. The minimum Gasteiger partial charge on any atom is -0.396 e. The highest BCUT2D eigenvalue weighted by Gasteiger charge is 2.08. The number of benzene rings is 2. The molecule has 21 heavy (non-hydrogen) atoms. The lowest BCUT2D eigenvalue weighted by atomic mass is 10.0. The first-order chi connectivity index (χ1) is 10.2. The first-order valence-corrected chi connectivity index (χ1v) is 6.51. The normalized spacial score (nSPS) is 10.5. The molecule has 0 aliphatic rings. The minimum absolute atomic E-state index is 0.210. The highest BCUT2D eigenvalue weighted by atomic mass is 16.1. The first kappa shape index (κ1) is 13.1. The van der Waals surface area contributed by atoms with Crippen molar-refractivity contribution in [1.29, 1.82) is 0 Å². The number of aldehydes is 1. The summed E-state index contributed by atoms with van der Waals surface area (Å²) in [6.45, 7) is 0. The Morgan fingerprint density at radius 3 is 2.86 bits per heavy atom. The Balaban J connectivity index is 2.19. The third-order valence-electron chi connectivity index (χ3n) is 3.37. The summed E-state index contributed by atoms with van der Waals surface area (Å²) in [5, 5.41) is 5.36. The zero-order chi connectivity index (χ0) is 14.8. The molecule has 0 radical (unpaired) electrons. The molecule has 3 aromatic rings. The van der Waals surface area contributed by atoms with E-state index in [0.29, 0.717) is 12.1 Å². The summed E-state index contributed by atoms with van der Waals surface area (Å²) in [7, 11) is 1.88. The van der Waals surface area contributed by atoms with Crippen LogP contribution in [-0.2, 0) is 0 Å². The lowest BCUT2D eigenvalue weighted by Crippen LogP contribution is -2.00. The van der Waals surface area contributed by atoms with Crippen LogP contribution in [0.3, 0.4) is 0 Å². The van der Waals surface area contributed by atoms with Crippen LogP contribution in [0.1, 0.15) is 10.5 Å². The molecule has 0 atom stereocenters. The number of nitrogens with zero attached hydrogens (tertiary/aromatic N) is 2. The number of nitrogens with one attached hydrogen (secondary N) is 1. The van der Waals surface area contributed by atoms with Crippen molar-refractivity contribution in [3.63, 3.8) is 0 Å². The van der Waals surface area contributed by atoms with Crippen LogP contribution >= 0.6 is 0 Å². The van der Waals surface area contributed by atoms with Crippen LogP contribution in [0.2, 0.25) is 0 Å². The summed E-state index contributed by atoms with van der Waals surface area (Å²) in [4.78, 5) is 19.3. The van der Waals surface area contributed by atoms with Crippen molar-refractivity contribution in [2.45, 2.75) is 0 Å². The van der Waals surface area contributed by atoms with E-state index in [1.54, 1.807) is 0 Å². The van der Waals surface area contributed by atoms with Gasteiger partial charge in [0.15, 0.2) is 12.1 Å². The lowest BCUT2D eigenvalue weighted by molar-refractivity contribution is 0.112. The maximum absolute atomic E-state index is 10.9. The summed E-state index contributed by atoms with van der Waals surface area (Å²) < 4.78 is 0. The summed E-state index contributed by atoms with van der Waals surface area (Å²) >= 11 is 0. The monoisotopic (exact) mass is 278 g/mol. The zero-order valence-electron chi connectivity index (χ0n) is 11.5. The van der Waals surface area contributed by atoms with Gasteiger partial charge in [-0.3, -0.25) is 4.79 Å². The van der Waals surface area contributed by atoms with Gasteiger partial charge in [0.1, 0.15) is 5.69 Å². The number of hydrogen-bond donors (Lipinski definition) is 2. The van der Waals surface area contributed by atoms with Gasteiger partial charge in [0.05, 0.1) is 11.9 Å². The van der Waals surface area contributed by atoms with Gasteiger partial charge in [-0.05, 0) is 17.5 Å². The van der Waals surface area contributed by atoms with E-state index >= 15 is 0 Å². The second-order valence-electron chi connectivity index (χ2n) is 4.64. The number of nitrogens with two attached hydrogens (primary N) is 1. The summed E-state index contributed by atoms with van der Waals surface area (Å²) in [6, 6.07) is 12.0. The van der Waals surface area contributed by atoms with Gasteiger partial charge in [0.2, 0.25) is 0 Å². The van der Waals surface area contributed by atoms with Crippen molar-refractivity contribution in [2.24, 2.45) is 0 Å². The Labute approximate surface area is 121 Å². The molecular weight excluding hydrogens is 264 g/mol. The highest BCUT2D eigenvalue weighted by Crippen LogP contribution is 2.27. The number of rotatable bonds is 3. The van der Waals surface area contributed by atoms with E-state index in [9.17, 15) is 4.79 Å². The standard InChI is InChI=1S/C16H14N4O/c1-18-14-4-2-3-10-5-6-11(7-12(10)14)16-19-8-13(17)15(9-21)20-16/h2-9,18H,17H2,1H3. The van der Waals surface area contributed by atoms with Crippen LogP contribution in [0.4, 0.5) is 11.4 Å². The van der Waals surface area contributed by atoms with Gasteiger partial charge in [0.25, 0.3) is 0 Å². The first-order valence-electron chi connectivity index (χ1n) is 6.51. The molecule has 0 fully saturated rings. The third kappa shape index (κ3) is 2.29. The predicted octanol–water partition coefficient (Wildman–Crippen LogP) is 2.73. The molecular formula is C16H14N4O. The number of anilines is 2. The molecule has 104 valence electrons. The Morgan fingerprint density at radius 2 is 2.10 bits per heavy atom. The maximum Gasteiger partial charge on any atom is 0.170 e. The van der Waals surface area contributed by atoms with Crippen LogP contribution in [0.5, 0.6) is 0 Å². The quantitative estimate of drug-likeness (QED) is 0.720. The van der Waals surface area contributed by atoms with Crippen molar-refractivity contribution in [2.75, 3.05) is 18.1 Å². The van der Waals surface area contributed by atoms with Crippen molar-refractivity contribution < 1.29 is 4.79 Å². The molecule has 5 heteroatoms. The maximum atomic E-state index is 10.9. The van der Waals surface area contributed by atoms with E-state index in [1.807, 2.05) is 43.4 Å². The average molecular weight is 278 g/mol. The Morgan fingerprint density at radius 1 is 1.24 bits per heavy atom. The van der Waals surface area contributed by atoms with Gasteiger partial charge >= 0.3 is 0 Å². The number of hydrogen-bond acceptors (Lipinski definition) is 5. The van der Waals surface area contributed by atoms with Crippen LogP contribution in [0.25, 0.3) is 22.2 Å². The second-order valence-corrected chi connectivity index (χ2v) is 4.64. The molecule has 0 amide bonds. The van der Waals surface area contributed by atoms with E-state index in [1.165, 1.54) is 6.20 Å². The van der Waals surface area contributed by atoms with E-state index in [4.69, 9.17) is 5.73 Å². The zero-order valence-corrected chi connectivity index (χ0v) is 11.5. The Kier molecular flexibility index (Phi) is 3.23. The van der Waals surface area contributed by atoms with E-state index in [-0.39, 0.29) is 11.4 Å². The number of carbonyl (C=O) groups is 1. The summed E-state index contributed by atoms with van der Waals surface area (Å²) in [6.07, 6.45) is 2.10. The van der Waals surface area contributed by atoms with Crippen LogP contribution in [0, 0.1) is 0 Å². The second kappa shape index (κ2) is 5.20. The van der Waals surface area contributed by atoms with Gasteiger partial charge < -0.3 is 11.1 Å². The fourth-order valence-electron chi connectivity index (χ4n) is 2.27. The van der Waals surface area contributed by atoms with E-state index < -0.39 is 0 Å². The van der Waals surface area contributed by atoms with Crippen LogP contribution in [0.15, 0.2) is 42.6 Å². The fourth-order valence-corrected chi connectivity index (χ4v) is 2.27. The smallest absolute Gasteiger partial charge is 0.170 e. The van der Waals surface area contributed by atoms with E-state index in [0.717, 1.165) is 22.0 Å². The predicted molar refractivity (Wildman–Crippen MR) is 84.3 cm³/mol. The molecule has 0 saturated heterocycles. The van der Waals surface area contributed by atoms with Gasteiger partial charge in [0, 0.05) is 23.7 Å². The van der Waals surface area contributed by atoms with Gasteiger partial charge in [-0.2, -0.15) is 0 Å². The van der Waals surface area contributed by atoms with Gasteiger partial charge in [-0.25, -0.2) is 9.97 Å². The molecule has 0 spiro atoms. The summed E-state index contributed by atoms with van der Waals surface area (Å²) in [5.41, 5.74) is 8.01. The lowest BCUT2D eigenvalue weighted by Gasteiger charge is -2.08. The van der Waals surface area contributed by atoms with Crippen molar-refractivity contribution in [1.82, 2.24) is 9.97 Å². The number of nitrogen functional groups attached to an aromatic ring is 1. The SMILES string of the molecule is CNc1cccc2ccc(-c3ncc(N)c(C=O)n3)cc12. The number of fused-ring (bicyclic) bond motifs is 1. The van der Waals surface area contributed by atoms with Gasteiger partial charge in [-0.15, -0.1) is 0 Å². The van der Waals surface area contributed by atoms with Crippen molar-refractivity contribution in [3.05, 3.63) is 48.3 Å².